The van der Waals surface area contributed by atoms with E-state index in [-0.39, 0.29) is 41.1 Å². The number of hydrogen-bond donors (Lipinski definition) is 4. The number of carbonyl (C=O) groups is 3. The van der Waals surface area contributed by atoms with E-state index in [4.69, 9.17) is 20.6 Å². The molecule has 1 spiro atoms. The Kier molecular flexibility index (Phi) is 7.50. The molecule has 10 nitrogen and oxygen atoms in total. The van der Waals surface area contributed by atoms with Crippen molar-refractivity contribution >= 4 is 34.9 Å². The lowest BCUT2D eigenvalue weighted by atomic mass is 10.0. The number of amidine groups is 1. The summed E-state index contributed by atoms with van der Waals surface area (Å²) in [6.45, 7) is 3.65. The summed E-state index contributed by atoms with van der Waals surface area (Å²) in [6.07, 6.45) is 0.117. The third-order valence-corrected chi connectivity index (χ3v) is 9.46. The maximum absolute atomic E-state index is 15.2. The molecule has 3 amide bonds. The van der Waals surface area contributed by atoms with Crippen LogP contribution in [-0.4, -0.2) is 66.6 Å². The van der Waals surface area contributed by atoms with Gasteiger partial charge in [-0.05, 0) is 48.7 Å². The average Bonchev–Trinajstić information content (AvgIpc) is 3.78. The number of likely N-dealkylation sites (tertiary alicyclic amines) is 1. The highest BCUT2D eigenvalue weighted by molar-refractivity contribution is 7.10. The zero-order chi connectivity index (χ0) is 31.4. The molecule has 2 saturated heterocycles. The first-order valence-corrected chi connectivity index (χ1v) is 15.0. The van der Waals surface area contributed by atoms with E-state index < -0.39 is 48.1 Å². The number of nitrogens with two attached hydrogens (primary N) is 1. The molecule has 2 atom stereocenters. The Hall–Kier alpha value is -4.20. The molecule has 5 N–H and O–H groups in total. The van der Waals surface area contributed by atoms with Crippen LogP contribution in [-0.2, 0) is 25.0 Å². The average molecular weight is 624 g/mol. The lowest BCUT2D eigenvalue weighted by Gasteiger charge is -2.25. The van der Waals surface area contributed by atoms with Gasteiger partial charge in [0, 0.05) is 38.9 Å². The first kappa shape index (κ1) is 29.9. The van der Waals surface area contributed by atoms with Crippen LogP contribution in [0.1, 0.15) is 56.9 Å². The molecular formula is C31H31F2N5O5S. The summed E-state index contributed by atoms with van der Waals surface area (Å²) in [7, 11) is 0. The first-order chi connectivity index (χ1) is 20.9. The fourth-order valence-corrected chi connectivity index (χ4v) is 7.04. The summed E-state index contributed by atoms with van der Waals surface area (Å²) in [4.78, 5) is 42.1. The molecule has 6 rings (SSSR count). The minimum absolute atomic E-state index is 0.00568. The Labute approximate surface area is 256 Å². The number of alkyl halides is 2. The quantitative estimate of drug-likeness (QED) is 0.234. The van der Waals surface area contributed by atoms with Crippen molar-refractivity contribution in [3.05, 3.63) is 80.5 Å². The van der Waals surface area contributed by atoms with Crippen molar-refractivity contribution in [2.45, 2.75) is 44.1 Å². The van der Waals surface area contributed by atoms with Crippen molar-refractivity contribution in [3.63, 3.8) is 0 Å². The Balaban J connectivity index is 1.15. The van der Waals surface area contributed by atoms with Crippen LogP contribution in [0.25, 0.3) is 11.1 Å². The molecule has 3 aliphatic rings. The number of fused-ring (bicyclic) bond motifs is 3. The zero-order valence-corrected chi connectivity index (χ0v) is 24.9. The minimum Gasteiger partial charge on any atom is -0.384 e. The monoisotopic (exact) mass is 623 g/mol. The Morgan fingerprint density at radius 3 is 2.59 bits per heavy atom. The van der Waals surface area contributed by atoms with Crippen LogP contribution in [0.2, 0.25) is 0 Å². The van der Waals surface area contributed by atoms with E-state index in [0.29, 0.717) is 29.9 Å². The van der Waals surface area contributed by atoms with Gasteiger partial charge in [-0.3, -0.25) is 19.8 Å². The highest BCUT2D eigenvalue weighted by Gasteiger charge is 2.52. The van der Waals surface area contributed by atoms with Gasteiger partial charge in [-0.2, -0.15) is 8.78 Å². The maximum Gasteiger partial charge on any atom is 0.299 e. The van der Waals surface area contributed by atoms with Crippen molar-refractivity contribution in [3.8, 4) is 11.1 Å². The molecule has 1 aromatic heterocycles. The van der Waals surface area contributed by atoms with Gasteiger partial charge in [-0.15, -0.1) is 11.3 Å². The second-order valence-corrected chi connectivity index (χ2v) is 12.2. The van der Waals surface area contributed by atoms with Crippen LogP contribution in [0, 0.1) is 12.3 Å². The lowest BCUT2D eigenvalue weighted by molar-refractivity contribution is -0.152. The SMILES string of the molecule is Cc1cccc2c1C(F)(F)c1ccc(C(=O)NCC(=O)N3CC4(C[C@H]3C(=O)N[C@H](C)c3cc(C(=N)N)cs3)OCCO4)cc1-2. The second-order valence-electron chi connectivity index (χ2n) is 11.2. The standard InChI is InChI=1S/C31H31F2N5O5S/c1-16-4-3-5-20-21-10-18(6-7-22(21)31(32,33)26(16)20)28(40)36-13-25(39)38-15-30(42-8-9-43-30)12-23(38)29(41)37-17(2)24-11-19(14-44-24)27(34)35/h3-7,10-11,14,17,23H,8-9,12-13,15H2,1-2H3,(H3,34,35)(H,36,40)(H,37,41)/t17-,23+/m1/s1. The zero-order valence-electron chi connectivity index (χ0n) is 24.0. The summed E-state index contributed by atoms with van der Waals surface area (Å²) in [6, 6.07) is 9.31. The van der Waals surface area contributed by atoms with Gasteiger partial charge >= 0.3 is 0 Å². The molecular weight excluding hydrogens is 592 g/mol. The van der Waals surface area contributed by atoms with E-state index in [1.807, 2.05) is 0 Å². The lowest BCUT2D eigenvalue weighted by Crippen LogP contribution is -2.49. The molecule has 3 aromatic rings. The molecule has 3 heterocycles. The third kappa shape index (κ3) is 5.14. The normalized spacial score (nSPS) is 19.8. The highest BCUT2D eigenvalue weighted by atomic mass is 32.1. The van der Waals surface area contributed by atoms with Crippen molar-refractivity contribution in [2.24, 2.45) is 5.73 Å². The summed E-state index contributed by atoms with van der Waals surface area (Å²) in [5.74, 6) is -5.92. The van der Waals surface area contributed by atoms with Crippen molar-refractivity contribution < 1.29 is 32.6 Å². The van der Waals surface area contributed by atoms with Crippen molar-refractivity contribution in [2.75, 3.05) is 26.3 Å². The molecule has 2 aliphatic heterocycles. The molecule has 0 unspecified atom stereocenters. The molecule has 0 saturated carbocycles. The number of hydrogen-bond acceptors (Lipinski definition) is 7. The second kappa shape index (κ2) is 11.1. The van der Waals surface area contributed by atoms with Crippen LogP contribution in [0.4, 0.5) is 8.78 Å². The van der Waals surface area contributed by atoms with Gasteiger partial charge in [0.15, 0.2) is 5.79 Å². The van der Waals surface area contributed by atoms with Gasteiger partial charge in [-0.1, -0.05) is 24.3 Å². The number of benzene rings is 2. The Morgan fingerprint density at radius 2 is 1.89 bits per heavy atom. The predicted octanol–water partition coefficient (Wildman–Crippen LogP) is 3.41. The maximum atomic E-state index is 15.2. The molecule has 2 fully saturated rings. The number of nitrogen functional groups attached to an aromatic ring is 1. The fourth-order valence-electron chi connectivity index (χ4n) is 6.13. The first-order valence-electron chi connectivity index (χ1n) is 14.1. The van der Waals surface area contributed by atoms with Gasteiger partial charge in [-0.25, -0.2) is 0 Å². The van der Waals surface area contributed by atoms with Gasteiger partial charge in [0.1, 0.15) is 11.9 Å². The van der Waals surface area contributed by atoms with Crippen LogP contribution >= 0.6 is 11.3 Å². The molecule has 1 aliphatic carbocycles. The minimum atomic E-state index is -3.18. The predicted molar refractivity (Wildman–Crippen MR) is 159 cm³/mol. The van der Waals surface area contributed by atoms with Gasteiger partial charge < -0.3 is 30.7 Å². The van der Waals surface area contributed by atoms with E-state index in [9.17, 15) is 14.4 Å². The van der Waals surface area contributed by atoms with Gasteiger partial charge in [0.2, 0.25) is 11.8 Å². The van der Waals surface area contributed by atoms with E-state index in [0.717, 1.165) is 4.88 Å². The number of amides is 3. The van der Waals surface area contributed by atoms with Crippen LogP contribution in [0.5, 0.6) is 0 Å². The number of nitrogens with one attached hydrogen (secondary N) is 3. The third-order valence-electron chi connectivity index (χ3n) is 8.34. The molecule has 230 valence electrons. The van der Waals surface area contributed by atoms with Crippen molar-refractivity contribution in [1.29, 1.82) is 5.41 Å². The van der Waals surface area contributed by atoms with E-state index in [2.05, 4.69) is 10.6 Å². The fraction of sp³-hybridized carbons (Fsp3) is 0.355. The number of carbonyl (C=O) groups excluding carboxylic acids is 3. The summed E-state index contributed by atoms with van der Waals surface area (Å²) >= 11 is 1.36. The van der Waals surface area contributed by atoms with Crippen LogP contribution in [0.3, 0.4) is 0 Å². The van der Waals surface area contributed by atoms with Crippen molar-refractivity contribution in [1.82, 2.24) is 15.5 Å². The molecule has 44 heavy (non-hydrogen) atoms. The number of nitrogens with zero attached hydrogens (tertiary/aromatic N) is 1. The molecule has 0 radical (unpaired) electrons. The molecule has 13 heteroatoms. The van der Waals surface area contributed by atoms with Gasteiger partial charge in [0.05, 0.1) is 32.3 Å². The van der Waals surface area contributed by atoms with Crippen LogP contribution < -0.4 is 16.4 Å². The van der Waals surface area contributed by atoms with Crippen LogP contribution in [0.15, 0.2) is 47.8 Å². The topological polar surface area (TPSA) is 147 Å². The summed E-state index contributed by atoms with van der Waals surface area (Å²) < 4.78 is 41.9. The number of aryl methyl sites for hydroxylation is 1. The van der Waals surface area contributed by atoms with E-state index in [1.54, 1.807) is 43.5 Å². The Morgan fingerprint density at radius 1 is 1.14 bits per heavy atom. The number of halogens is 2. The number of rotatable bonds is 7. The highest BCUT2D eigenvalue weighted by Crippen LogP contribution is 2.52. The number of thiophene rings is 1. The smallest absolute Gasteiger partial charge is 0.299 e. The molecule has 0 bridgehead atoms. The summed E-state index contributed by atoms with van der Waals surface area (Å²) in [5, 5.41) is 14.8. The molecule has 2 aromatic carbocycles. The Bertz CT molecular complexity index is 1690. The van der Waals surface area contributed by atoms with E-state index >= 15 is 8.78 Å². The van der Waals surface area contributed by atoms with Gasteiger partial charge in [0.25, 0.3) is 11.8 Å². The van der Waals surface area contributed by atoms with E-state index in [1.165, 1.54) is 34.4 Å². The summed E-state index contributed by atoms with van der Waals surface area (Å²) in [5.41, 5.74) is 7.12. The largest absolute Gasteiger partial charge is 0.384 e. The number of ether oxygens (including phenoxy) is 2.